The predicted octanol–water partition coefficient (Wildman–Crippen LogP) is 1.12. The van der Waals surface area contributed by atoms with Crippen molar-refractivity contribution in [1.29, 1.82) is 5.41 Å². The molecule has 82 valence electrons. The summed E-state index contributed by atoms with van der Waals surface area (Å²) in [5.41, 5.74) is 6.30. The third-order valence-electron chi connectivity index (χ3n) is 1.84. The second kappa shape index (κ2) is 7.50. The van der Waals surface area contributed by atoms with Gasteiger partial charge in [-0.25, -0.2) is 0 Å². The first kappa shape index (κ1) is 13.1. The second-order valence-electron chi connectivity index (χ2n) is 3.65. The third-order valence-corrected chi connectivity index (χ3v) is 1.84. The Bertz CT molecular complexity index is 196. The highest BCUT2D eigenvalue weighted by molar-refractivity contribution is 6.01. The molecule has 0 radical (unpaired) electrons. The molecule has 14 heavy (non-hydrogen) atoms. The van der Waals surface area contributed by atoms with Crippen molar-refractivity contribution < 1.29 is 0 Å². The fourth-order valence-electron chi connectivity index (χ4n) is 1.17. The molecule has 0 aliphatic carbocycles. The van der Waals surface area contributed by atoms with Gasteiger partial charge in [-0.2, -0.15) is 0 Å². The molecule has 0 aliphatic heterocycles. The highest BCUT2D eigenvalue weighted by Gasteiger charge is 2.00. The summed E-state index contributed by atoms with van der Waals surface area (Å²) in [6, 6.07) is 0. The van der Waals surface area contributed by atoms with E-state index in [4.69, 9.17) is 11.1 Å². The summed E-state index contributed by atoms with van der Waals surface area (Å²) >= 11 is 0. The molecule has 0 saturated heterocycles. The second-order valence-corrected chi connectivity index (χ2v) is 3.65. The van der Waals surface area contributed by atoms with Gasteiger partial charge in [-0.15, -0.1) is 0 Å². The van der Waals surface area contributed by atoms with E-state index in [9.17, 15) is 0 Å². The van der Waals surface area contributed by atoms with Crippen LogP contribution in [0.15, 0.2) is 4.99 Å². The molecule has 0 aliphatic rings. The first-order valence-corrected chi connectivity index (χ1v) is 5.06. The molecule has 0 spiro atoms. The fourth-order valence-corrected chi connectivity index (χ4v) is 1.17. The third kappa shape index (κ3) is 7.73. The van der Waals surface area contributed by atoms with Crippen molar-refractivity contribution in [2.45, 2.75) is 26.2 Å². The number of hydrogen-bond acceptors (Lipinski definition) is 3. The lowest BCUT2D eigenvalue weighted by atomic mass is 10.1. The highest BCUT2D eigenvalue weighted by Crippen LogP contribution is 1.97. The quantitative estimate of drug-likeness (QED) is 0.475. The Kier molecular flexibility index (Phi) is 7.02. The zero-order valence-corrected chi connectivity index (χ0v) is 9.51. The number of nitrogens with two attached hydrogens (primary N) is 1. The van der Waals surface area contributed by atoms with E-state index < -0.39 is 0 Å². The van der Waals surface area contributed by atoms with E-state index in [1.54, 1.807) is 0 Å². The lowest BCUT2D eigenvalue weighted by molar-refractivity contribution is 0.403. The van der Waals surface area contributed by atoms with E-state index in [2.05, 4.69) is 9.89 Å². The molecular weight excluding hydrogens is 176 g/mol. The minimum absolute atomic E-state index is 0.529. The van der Waals surface area contributed by atoms with E-state index in [1.165, 1.54) is 0 Å². The summed E-state index contributed by atoms with van der Waals surface area (Å²) in [6.07, 6.45) is 2.37. The van der Waals surface area contributed by atoms with Gasteiger partial charge in [0.25, 0.3) is 0 Å². The number of aliphatic imine (C=N–C) groups is 1. The first-order chi connectivity index (χ1) is 6.56. The normalized spacial score (nSPS) is 12.1. The van der Waals surface area contributed by atoms with Crippen LogP contribution >= 0.6 is 0 Å². The molecule has 0 saturated carbocycles. The van der Waals surface area contributed by atoms with Crippen molar-refractivity contribution in [3.8, 4) is 0 Å². The lowest BCUT2D eigenvalue weighted by Crippen LogP contribution is -2.18. The average Bonchev–Trinajstić information content (AvgIpc) is 2.03. The number of hydrogen-bond donors (Lipinski definition) is 2. The van der Waals surface area contributed by atoms with Crippen LogP contribution in [0.2, 0.25) is 0 Å². The van der Waals surface area contributed by atoms with Crippen LogP contribution in [0.25, 0.3) is 0 Å². The monoisotopic (exact) mass is 198 g/mol. The van der Waals surface area contributed by atoms with Gasteiger partial charge in [0.2, 0.25) is 0 Å². The van der Waals surface area contributed by atoms with Crippen molar-refractivity contribution in [1.82, 2.24) is 4.90 Å². The van der Waals surface area contributed by atoms with Gasteiger partial charge in [-0.05, 0) is 40.4 Å². The maximum absolute atomic E-state index is 7.66. The van der Waals surface area contributed by atoms with E-state index in [0.29, 0.717) is 24.5 Å². The largest absolute Gasteiger partial charge is 0.387 e. The van der Waals surface area contributed by atoms with Crippen LogP contribution in [-0.2, 0) is 0 Å². The van der Waals surface area contributed by atoms with Crippen LogP contribution in [0, 0.1) is 5.41 Å². The van der Waals surface area contributed by atoms with Crippen LogP contribution in [0.3, 0.4) is 0 Å². The molecule has 0 fully saturated rings. The Morgan fingerprint density at radius 3 is 2.57 bits per heavy atom. The van der Waals surface area contributed by atoms with Crippen LogP contribution in [-0.4, -0.2) is 43.6 Å². The number of nitrogens with one attached hydrogen (secondary N) is 1. The fraction of sp³-hybridized carbons (Fsp3) is 0.800. The number of rotatable bonds is 7. The summed E-state index contributed by atoms with van der Waals surface area (Å²) in [6.45, 7) is 3.67. The van der Waals surface area contributed by atoms with Crippen LogP contribution < -0.4 is 5.73 Å². The predicted molar refractivity (Wildman–Crippen MR) is 62.3 cm³/mol. The van der Waals surface area contributed by atoms with Gasteiger partial charge in [0.15, 0.2) is 0 Å². The molecule has 0 bridgehead atoms. The summed E-state index contributed by atoms with van der Waals surface area (Å²) in [7, 11) is 4.08. The summed E-state index contributed by atoms with van der Waals surface area (Å²) in [5, 5.41) is 7.66. The van der Waals surface area contributed by atoms with Crippen molar-refractivity contribution in [3.05, 3.63) is 0 Å². The smallest absolute Gasteiger partial charge is 0.0993 e. The topological polar surface area (TPSA) is 65.5 Å². The van der Waals surface area contributed by atoms with E-state index in [0.717, 1.165) is 19.4 Å². The molecule has 0 rings (SSSR count). The average molecular weight is 198 g/mol. The number of amidine groups is 1. The molecule has 3 N–H and O–H groups in total. The maximum Gasteiger partial charge on any atom is 0.0993 e. The van der Waals surface area contributed by atoms with Crippen LogP contribution in [0.5, 0.6) is 0 Å². The van der Waals surface area contributed by atoms with Gasteiger partial charge >= 0.3 is 0 Å². The molecule has 4 nitrogen and oxygen atoms in total. The van der Waals surface area contributed by atoms with Crippen LogP contribution in [0.1, 0.15) is 26.2 Å². The SMILES string of the molecule is CCN=C(N)CC(=N)CCCN(C)C. The Balaban J connectivity index is 3.60. The molecule has 0 atom stereocenters. The van der Waals surface area contributed by atoms with Crippen molar-refractivity contribution in [2.75, 3.05) is 27.2 Å². The van der Waals surface area contributed by atoms with Gasteiger partial charge in [-0.1, -0.05) is 0 Å². The lowest BCUT2D eigenvalue weighted by Gasteiger charge is -2.09. The van der Waals surface area contributed by atoms with Gasteiger partial charge in [0, 0.05) is 18.7 Å². The Labute approximate surface area is 86.7 Å². The molecule has 0 unspecified atom stereocenters. The zero-order valence-electron chi connectivity index (χ0n) is 9.51. The minimum atomic E-state index is 0.529. The minimum Gasteiger partial charge on any atom is -0.387 e. The first-order valence-electron chi connectivity index (χ1n) is 5.06. The van der Waals surface area contributed by atoms with E-state index >= 15 is 0 Å². The molecule has 4 heteroatoms. The maximum atomic E-state index is 7.66. The summed E-state index contributed by atoms with van der Waals surface area (Å²) in [5.74, 6) is 0.586. The Morgan fingerprint density at radius 2 is 2.07 bits per heavy atom. The zero-order chi connectivity index (χ0) is 11.0. The Hall–Kier alpha value is -0.900. The van der Waals surface area contributed by atoms with E-state index in [1.807, 2.05) is 21.0 Å². The van der Waals surface area contributed by atoms with Crippen LogP contribution in [0.4, 0.5) is 0 Å². The summed E-state index contributed by atoms with van der Waals surface area (Å²) < 4.78 is 0. The summed E-state index contributed by atoms with van der Waals surface area (Å²) in [4.78, 5) is 6.17. The van der Waals surface area contributed by atoms with Crippen molar-refractivity contribution in [2.24, 2.45) is 10.7 Å². The van der Waals surface area contributed by atoms with E-state index in [-0.39, 0.29) is 0 Å². The standard InChI is InChI=1S/C10H22N4/c1-4-13-10(12)8-9(11)6-5-7-14(2)3/h11H,4-8H2,1-3H3,(H2,12,13). The molecular formula is C10H22N4. The molecule has 0 aromatic carbocycles. The highest BCUT2D eigenvalue weighted by atomic mass is 15.0. The molecule has 0 heterocycles. The molecule has 0 amide bonds. The molecule has 0 aromatic heterocycles. The molecule has 0 aromatic rings. The van der Waals surface area contributed by atoms with Gasteiger partial charge < -0.3 is 16.0 Å². The van der Waals surface area contributed by atoms with Crippen molar-refractivity contribution in [3.63, 3.8) is 0 Å². The Morgan fingerprint density at radius 1 is 1.43 bits per heavy atom. The van der Waals surface area contributed by atoms with Gasteiger partial charge in [-0.3, -0.25) is 4.99 Å². The number of nitrogens with zero attached hydrogens (tertiary/aromatic N) is 2. The van der Waals surface area contributed by atoms with Crippen molar-refractivity contribution >= 4 is 11.5 Å². The van der Waals surface area contributed by atoms with Gasteiger partial charge in [0.05, 0.1) is 5.84 Å². The van der Waals surface area contributed by atoms with Gasteiger partial charge in [0.1, 0.15) is 0 Å².